The fourth-order valence-corrected chi connectivity index (χ4v) is 2.15. The summed E-state index contributed by atoms with van der Waals surface area (Å²) in [6.07, 6.45) is 1.68. The lowest BCUT2D eigenvalue weighted by Gasteiger charge is -1.98. The summed E-state index contributed by atoms with van der Waals surface area (Å²) >= 11 is 9.42. The van der Waals surface area contributed by atoms with Crippen molar-refractivity contribution in [3.05, 3.63) is 33.4 Å². The predicted octanol–water partition coefficient (Wildman–Crippen LogP) is 3.79. The average Bonchev–Trinajstić information content (AvgIpc) is 2.56. The lowest BCUT2D eigenvalue weighted by molar-refractivity contribution is 0.101. The smallest absolute Gasteiger partial charge is 0.162 e. The van der Waals surface area contributed by atoms with Crippen LogP contribution in [0, 0.1) is 0 Å². The molecular formula is C10H7BrClNO. The van der Waals surface area contributed by atoms with Crippen LogP contribution >= 0.6 is 27.5 Å². The number of nitrogens with one attached hydrogen (secondary N) is 1. The number of aromatic nitrogens is 1. The molecule has 2 aromatic rings. The summed E-state index contributed by atoms with van der Waals surface area (Å²) in [6.45, 7) is 1.53. The van der Waals surface area contributed by atoms with E-state index >= 15 is 0 Å². The second-order valence-electron chi connectivity index (χ2n) is 3.04. The molecule has 14 heavy (non-hydrogen) atoms. The topological polar surface area (TPSA) is 32.9 Å². The fourth-order valence-electron chi connectivity index (χ4n) is 1.45. The highest BCUT2D eigenvalue weighted by atomic mass is 79.9. The second kappa shape index (κ2) is 3.41. The fraction of sp³-hybridized carbons (Fsp3) is 0.100. The molecule has 0 aliphatic heterocycles. The predicted molar refractivity (Wildman–Crippen MR) is 61.0 cm³/mol. The van der Waals surface area contributed by atoms with Gasteiger partial charge < -0.3 is 4.98 Å². The highest BCUT2D eigenvalue weighted by Gasteiger charge is 2.12. The van der Waals surface area contributed by atoms with Gasteiger partial charge in [0.1, 0.15) is 0 Å². The van der Waals surface area contributed by atoms with Crippen molar-refractivity contribution in [2.45, 2.75) is 6.92 Å². The van der Waals surface area contributed by atoms with Crippen LogP contribution in [0.25, 0.3) is 10.9 Å². The van der Waals surface area contributed by atoms with Gasteiger partial charge in [-0.3, -0.25) is 4.79 Å². The van der Waals surface area contributed by atoms with Crippen molar-refractivity contribution < 1.29 is 4.79 Å². The van der Waals surface area contributed by atoms with Crippen molar-refractivity contribution in [1.82, 2.24) is 4.98 Å². The second-order valence-corrected chi connectivity index (χ2v) is 4.30. The molecule has 0 saturated heterocycles. The highest BCUT2D eigenvalue weighted by Crippen LogP contribution is 2.32. The van der Waals surface area contributed by atoms with Crippen LogP contribution in [0.4, 0.5) is 0 Å². The van der Waals surface area contributed by atoms with Crippen molar-refractivity contribution in [2.24, 2.45) is 0 Å². The van der Waals surface area contributed by atoms with Crippen molar-refractivity contribution in [2.75, 3.05) is 0 Å². The molecule has 0 aliphatic rings. The molecule has 2 nitrogen and oxygen atoms in total. The van der Waals surface area contributed by atoms with E-state index < -0.39 is 0 Å². The molecule has 1 aromatic heterocycles. The van der Waals surface area contributed by atoms with Gasteiger partial charge in [0, 0.05) is 21.6 Å². The summed E-state index contributed by atoms with van der Waals surface area (Å²) in [7, 11) is 0. The molecule has 0 bridgehead atoms. The monoisotopic (exact) mass is 271 g/mol. The number of ketones is 1. The van der Waals surface area contributed by atoms with Crippen LogP contribution in [0.15, 0.2) is 22.8 Å². The Bertz CT molecular complexity index is 518. The van der Waals surface area contributed by atoms with Crippen LogP contribution in [-0.4, -0.2) is 10.8 Å². The van der Waals surface area contributed by atoms with Crippen LogP contribution < -0.4 is 0 Å². The Kier molecular flexibility index (Phi) is 2.37. The molecule has 1 heterocycles. The maximum Gasteiger partial charge on any atom is 0.162 e. The lowest BCUT2D eigenvalue weighted by atomic mass is 10.1. The molecule has 0 aliphatic carbocycles. The zero-order valence-electron chi connectivity index (χ0n) is 7.40. The van der Waals surface area contributed by atoms with E-state index in [4.69, 9.17) is 11.6 Å². The van der Waals surface area contributed by atoms with E-state index in [-0.39, 0.29) is 5.78 Å². The maximum absolute atomic E-state index is 11.3. The number of hydrogen-bond acceptors (Lipinski definition) is 1. The first-order valence-corrected chi connectivity index (χ1v) is 5.24. The molecule has 72 valence electrons. The number of halogens is 2. The Morgan fingerprint density at radius 2 is 2.21 bits per heavy atom. The van der Waals surface area contributed by atoms with Gasteiger partial charge in [0.2, 0.25) is 0 Å². The Morgan fingerprint density at radius 3 is 2.86 bits per heavy atom. The van der Waals surface area contributed by atoms with Crippen LogP contribution in [0.5, 0.6) is 0 Å². The molecule has 0 amide bonds. The number of Topliss-reactive ketones (excluding diaryl/α,β-unsaturated/α-hetero) is 1. The minimum absolute atomic E-state index is 0.0104. The quantitative estimate of drug-likeness (QED) is 0.787. The first kappa shape index (κ1) is 9.74. The summed E-state index contributed by atoms with van der Waals surface area (Å²) in [5, 5.41) is 1.38. The summed E-state index contributed by atoms with van der Waals surface area (Å²) in [5.41, 5.74) is 1.49. The van der Waals surface area contributed by atoms with Gasteiger partial charge in [-0.2, -0.15) is 0 Å². The number of fused-ring (bicyclic) bond motifs is 1. The number of carbonyl (C=O) groups excluding carboxylic acids is 1. The zero-order valence-corrected chi connectivity index (χ0v) is 9.74. The van der Waals surface area contributed by atoms with E-state index in [1.165, 1.54) is 6.92 Å². The average molecular weight is 273 g/mol. The Balaban J connectivity index is 2.90. The summed E-state index contributed by atoms with van der Waals surface area (Å²) in [6, 6.07) is 3.62. The van der Waals surface area contributed by atoms with E-state index in [9.17, 15) is 4.79 Å². The van der Waals surface area contributed by atoms with Gasteiger partial charge in [0.15, 0.2) is 5.78 Å². The highest BCUT2D eigenvalue weighted by molar-refractivity contribution is 9.10. The lowest BCUT2D eigenvalue weighted by Crippen LogP contribution is -1.89. The number of carbonyl (C=O) groups is 1. The van der Waals surface area contributed by atoms with E-state index in [2.05, 4.69) is 20.9 Å². The molecule has 2 rings (SSSR count). The van der Waals surface area contributed by atoms with Crippen molar-refractivity contribution in [3.63, 3.8) is 0 Å². The zero-order chi connectivity index (χ0) is 10.3. The molecule has 0 atom stereocenters. The van der Waals surface area contributed by atoms with Crippen molar-refractivity contribution in [1.29, 1.82) is 0 Å². The number of H-pyrrole nitrogens is 1. The van der Waals surface area contributed by atoms with Crippen LogP contribution in [0.2, 0.25) is 5.02 Å². The van der Waals surface area contributed by atoms with Crippen molar-refractivity contribution in [3.8, 4) is 0 Å². The number of benzene rings is 1. The van der Waals surface area contributed by atoms with Gasteiger partial charge in [-0.1, -0.05) is 11.6 Å². The van der Waals surface area contributed by atoms with E-state index in [0.29, 0.717) is 10.6 Å². The molecule has 0 radical (unpaired) electrons. The van der Waals surface area contributed by atoms with E-state index in [1.807, 2.05) is 6.07 Å². The number of aromatic amines is 1. The number of hydrogen-bond donors (Lipinski definition) is 1. The molecular weight excluding hydrogens is 265 g/mol. The molecule has 1 aromatic carbocycles. The minimum Gasteiger partial charge on any atom is -0.359 e. The third-order valence-corrected chi connectivity index (χ3v) is 3.09. The molecule has 0 fully saturated rings. The third-order valence-electron chi connectivity index (χ3n) is 2.11. The molecule has 0 spiro atoms. The molecule has 0 unspecified atom stereocenters. The van der Waals surface area contributed by atoms with Crippen LogP contribution in [0.3, 0.4) is 0 Å². The molecule has 0 saturated carbocycles. The standard InChI is InChI=1S/C10H7BrClNO/c1-5(14)6-4-13-10-7(11)2-3-8(12)9(6)10/h2-4,13H,1H3. The van der Waals surface area contributed by atoms with Gasteiger partial charge in [-0.25, -0.2) is 0 Å². The Hall–Kier alpha value is -0.800. The normalized spacial score (nSPS) is 10.8. The minimum atomic E-state index is 0.0104. The van der Waals surface area contributed by atoms with Gasteiger partial charge in [0.25, 0.3) is 0 Å². The van der Waals surface area contributed by atoms with Gasteiger partial charge >= 0.3 is 0 Å². The first-order chi connectivity index (χ1) is 6.61. The summed E-state index contributed by atoms with van der Waals surface area (Å²) < 4.78 is 0.907. The third kappa shape index (κ3) is 1.37. The van der Waals surface area contributed by atoms with E-state index in [0.717, 1.165) is 15.4 Å². The Labute approximate surface area is 94.4 Å². The van der Waals surface area contributed by atoms with Gasteiger partial charge in [-0.05, 0) is 35.0 Å². The molecule has 4 heteroatoms. The van der Waals surface area contributed by atoms with Crippen LogP contribution in [0.1, 0.15) is 17.3 Å². The molecule has 1 N–H and O–H groups in total. The van der Waals surface area contributed by atoms with Crippen molar-refractivity contribution >= 4 is 44.2 Å². The summed E-state index contributed by atoms with van der Waals surface area (Å²) in [5.74, 6) is 0.0104. The van der Waals surface area contributed by atoms with Gasteiger partial charge in [0.05, 0.1) is 10.5 Å². The first-order valence-electron chi connectivity index (χ1n) is 4.07. The van der Waals surface area contributed by atoms with E-state index in [1.54, 1.807) is 12.3 Å². The largest absolute Gasteiger partial charge is 0.359 e. The summed E-state index contributed by atoms with van der Waals surface area (Å²) in [4.78, 5) is 14.3. The van der Waals surface area contributed by atoms with Crippen LogP contribution in [-0.2, 0) is 0 Å². The Morgan fingerprint density at radius 1 is 1.50 bits per heavy atom. The number of rotatable bonds is 1. The SMILES string of the molecule is CC(=O)c1c[nH]c2c(Br)ccc(Cl)c12. The van der Waals surface area contributed by atoms with Gasteiger partial charge in [-0.15, -0.1) is 0 Å². The maximum atomic E-state index is 11.3.